The van der Waals surface area contributed by atoms with Crippen LogP contribution in [-0.4, -0.2) is 35.6 Å². The van der Waals surface area contributed by atoms with E-state index in [1.54, 1.807) is 4.90 Å². The second-order valence-corrected chi connectivity index (χ2v) is 9.12. The maximum Gasteiger partial charge on any atom is 0.243 e. The molecule has 33 heavy (non-hydrogen) atoms. The Morgan fingerprint density at radius 3 is 2.64 bits per heavy atom. The molecule has 2 aromatic carbocycles. The number of carbonyl (C=O) groups is 2. The summed E-state index contributed by atoms with van der Waals surface area (Å²) < 4.78 is 10.8. The molecule has 4 rings (SSSR count). The predicted molar refractivity (Wildman–Crippen MR) is 127 cm³/mol. The number of hydrogen-bond acceptors (Lipinski definition) is 4. The van der Waals surface area contributed by atoms with E-state index in [-0.39, 0.29) is 31.1 Å². The Hall–Kier alpha value is -2.73. The van der Waals surface area contributed by atoms with Gasteiger partial charge in [0, 0.05) is 24.0 Å². The molecule has 0 bridgehead atoms. The molecule has 6 nitrogen and oxygen atoms in total. The number of hydrogen-bond donors (Lipinski definition) is 1. The number of amides is 2. The fourth-order valence-electron chi connectivity index (χ4n) is 4.59. The molecule has 0 saturated heterocycles. The van der Waals surface area contributed by atoms with Gasteiger partial charge in [0.2, 0.25) is 18.6 Å². The summed E-state index contributed by atoms with van der Waals surface area (Å²) in [6.45, 7) is 2.47. The number of benzene rings is 2. The largest absolute Gasteiger partial charge is 0.454 e. The fourth-order valence-corrected chi connectivity index (χ4v) is 4.78. The normalized spacial score (nSPS) is 15.9. The van der Waals surface area contributed by atoms with E-state index < -0.39 is 6.04 Å². The van der Waals surface area contributed by atoms with E-state index in [4.69, 9.17) is 21.1 Å². The summed E-state index contributed by atoms with van der Waals surface area (Å²) in [5.74, 6) is 1.28. The van der Waals surface area contributed by atoms with Gasteiger partial charge in [0.25, 0.3) is 0 Å². The number of fused-ring (bicyclic) bond motifs is 1. The number of aryl methyl sites for hydroxylation is 1. The van der Waals surface area contributed by atoms with Crippen molar-refractivity contribution in [2.45, 2.75) is 70.5 Å². The molecule has 1 heterocycles. The minimum atomic E-state index is -0.536. The quantitative estimate of drug-likeness (QED) is 0.567. The highest BCUT2D eigenvalue weighted by Crippen LogP contribution is 2.33. The Bertz CT molecular complexity index is 990. The monoisotopic (exact) mass is 470 g/mol. The van der Waals surface area contributed by atoms with Crippen molar-refractivity contribution in [3.8, 4) is 11.5 Å². The van der Waals surface area contributed by atoms with Crippen LogP contribution >= 0.6 is 11.6 Å². The molecule has 1 saturated carbocycles. The Labute approximate surface area is 200 Å². The molecule has 7 heteroatoms. The summed E-state index contributed by atoms with van der Waals surface area (Å²) in [6, 6.07) is 12.9. The van der Waals surface area contributed by atoms with Gasteiger partial charge in [0.05, 0.1) is 0 Å². The zero-order valence-electron chi connectivity index (χ0n) is 19.0. The van der Waals surface area contributed by atoms with Crippen LogP contribution in [0.3, 0.4) is 0 Å². The highest BCUT2D eigenvalue weighted by molar-refractivity contribution is 6.31. The average molecular weight is 471 g/mol. The molecule has 2 aromatic rings. The van der Waals surface area contributed by atoms with E-state index in [0.717, 1.165) is 42.6 Å². The van der Waals surface area contributed by atoms with Gasteiger partial charge < -0.3 is 19.7 Å². The van der Waals surface area contributed by atoms with Crippen molar-refractivity contribution < 1.29 is 19.1 Å². The lowest BCUT2D eigenvalue weighted by atomic mass is 10.1. The minimum Gasteiger partial charge on any atom is -0.454 e. The summed E-state index contributed by atoms with van der Waals surface area (Å²) in [5.41, 5.74) is 1.83. The van der Waals surface area contributed by atoms with E-state index in [1.807, 2.05) is 49.4 Å². The van der Waals surface area contributed by atoms with Gasteiger partial charge in [-0.3, -0.25) is 9.59 Å². The smallest absolute Gasteiger partial charge is 0.243 e. The van der Waals surface area contributed by atoms with Crippen molar-refractivity contribution in [2.75, 3.05) is 6.79 Å². The molecule has 2 aliphatic rings. The van der Waals surface area contributed by atoms with Crippen LogP contribution in [0.2, 0.25) is 5.02 Å². The Morgan fingerprint density at radius 1 is 1.12 bits per heavy atom. The summed E-state index contributed by atoms with van der Waals surface area (Å²) >= 11 is 6.40. The highest BCUT2D eigenvalue weighted by atomic mass is 35.5. The third kappa shape index (κ3) is 5.80. The van der Waals surface area contributed by atoms with Crippen LogP contribution in [0.25, 0.3) is 0 Å². The zero-order valence-corrected chi connectivity index (χ0v) is 19.8. The molecule has 1 aliphatic heterocycles. The molecule has 1 atom stereocenters. The first-order valence-corrected chi connectivity index (χ1v) is 12.1. The van der Waals surface area contributed by atoms with Crippen LogP contribution in [-0.2, 0) is 22.6 Å². The van der Waals surface area contributed by atoms with Crippen molar-refractivity contribution in [3.05, 3.63) is 58.6 Å². The topological polar surface area (TPSA) is 67.9 Å². The van der Waals surface area contributed by atoms with Gasteiger partial charge in [0.15, 0.2) is 11.5 Å². The van der Waals surface area contributed by atoms with Crippen molar-refractivity contribution in [3.63, 3.8) is 0 Å². The van der Waals surface area contributed by atoms with Gasteiger partial charge in [-0.15, -0.1) is 0 Å². The van der Waals surface area contributed by atoms with Crippen molar-refractivity contribution in [2.24, 2.45) is 0 Å². The molecular formula is C26H31ClN2O4. The molecule has 0 unspecified atom stereocenters. The van der Waals surface area contributed by atoms with E-state index in [1.165, 1.54) is 0 Å². The number of nitrogens with zero attached hydrogens (tertiary/aromatic N) is 1. The second-order valence-electron chi connectivity index (χ2n) is 8.71. The molecule has 1 N–H and O–H groups in total. The van der Waals surface area contributed by atoms with Crippen LogP contribution in [0.15, 0.2) is 42.5 Å². The van der Waals surface area contributed by atoms with E-state index >= 15 is 0 Å². The Kier molecular flexibility index (Phi) is 7.76. The standard InChI is InChI=1S/C26H31ClN2O4/c1-2-22(26(31)28-20-8-4-5-9-20)29(16-19-7-3-6-10-21(19)27)25(30)14-12-18-11-13-23-24(15-18)33-17-32-23/h3,6-7,10-11,13,15,20,22H,2,4-5,8-9,12,14,16-17H2,1H3,(H,28,31)/t22-/m0/s1. The lowest BCUT2D eigenvalue weighted by Crippen LogP contribution is -2.51. The first-order valence-electron chi connectivity index (χ1n) is 11.8. The van der Waals surface area contributed by atoms with Crippen LogP contribution in [0.4, 0.5) is 0 Å². The Balaban J connectivity index is 1.49. The average Bonchev–Trinajstić information content (AvgIpc) is 3.50. The van der Waals surface area contributed by atoms with Gasteiger partial charge in [-0.2, -0.15) is 0 Å². The second kappa shape index (κ2) is 10.9. The molecule has 0 aromatic heterocycles. The van der Waals surface area contributed by atoms with Crippen molar-refractivity contribution >= 4 is 23.4 Å². The summed E-state index contributed by atoms with van der Waals surface area (Å²) in [4.78, 5) is 28.3. The van der Waals surface area contributed by atoms with Gasteiger partial charge in [-0.05, 0) is 55.0 Å². The van der Waals surface area contributed by atoms with Gasteiger partial charge in [0.1, 0.15) is 6.04 Å². The van der Waals surface area contributed by atoms with Crippen LogP contribution < -0.4 is 14.8 Å². The Morgan fingerprint density at radius 2 is 1.88 bits per heavy atom. The molecule has 1 fully saturated rings. The molecule has 0 spiro atoms. The van der Waals surface area contributed by atoms with E-state index in [9.17, 15) is 9.59 Å². The number of nitrogens with one attached hydrogen (secondary N) is 1. The number of rotatable bonds is 9. The molecule has 1 aliphatic carbocycles. The fraction of sp³-hybridized carbons (Fsp3) is 0.462. The van der Waals surface area contributed by atoms with E-state index in [2.05, 4.69) is 5.32 Å². The third-order valence-corrected chi connectivity index (χ3v) is 6.82. The third-order valence-electron chi connectivity index (χ3n) is 6.45. The maximum atomic E-state index is 13.5. The number of carbonyl (C=O) groups excluding carboxylic acids is 2. The number of halogens is 1. The SMILES string of the molecule is CC[C@@H](C(=O)NC1CCCC1)N(Cc1ccccc1Cl)C(=O)CCc1ccc2c(c1)OCO2. The van der Waals surface area contributed by atoms with Gasteiger partial charge >= 0.3 is 0 Å². The lowest BCUT2D eigenvalue weighted by molar-refractivity contribution is -0.141. The highest BCUT2D eigenvalue weighted by Gasteiger charge is 2.30. The zero-order chi connectivity index (χ0) is 23.2. The first kappa shape index (κ1) is 23.4. The van der Waals surface area contributed by atoms with Gasteiger partial charge in [-0.25, -0.2) is 0 Å². The molecule has 176 valence electrons. The lowest BCUT2D eigenvalue weighted by Gasteiger charge is -2.32. The summed E-state index contributed by atoms with van der Waals surface area (Å²) in [6.07, 6.45) is 5.67. The van der Waals surface area contributed by atoms with Crippen LogP contribution in [0.5, 0.6) is 11.5 Å². The number of ether oxygens (including phenoxy) is 2. The van der Waals surface area contributed by atoms with Gasteiger partial charge in [-0.1, -0.05) is 55.6 Å². The van der Waals surface area contributed by atoms with Crippen LogP contribution in [0.1, 0.15) is 56.6 Å². The molecule has 2 amide bonds. The predicted octanol–water partition coefficient (Wildman–Crippen LogP) is 4.87. The van der Waals surface area contributed by atoms with Crippen molar-refractivity contribution in [1.29, 1.82) is 0 Å². The maximum absolute atomic E-state index is 13.5. The van der Waals surface area contributed by atoms with Crippen LogP contribution in [0, 0.1) is 0 Å². The molecule has 0 radical (unpaired) electrons. The summed E-state index contributed by atoms with van der Waals surface area (Å²) in [5, 5.41) is 3.77. The van der Waals surface area contributed by atoms with E-state index in [0.29, 0.717) is 30.2 Å². The molecular weight excluding hydrogens is 440 g/mol. The first-order chi connectivity index (χ1) is 16.0. The summed E-state index contributed by atoms with van der Waals surface area (Å²) in [7, 11) is 0. The minimum absolute atomic E-state index is 0.0685. The van der Waals surface area contributed by atoms with Crippen molar-refractivity contribution in [1.82, 2.24) is 10.2 Å².